The molecule has 5 rings (SSSR count). The van der Waals surface area contributed by atoms with Gasteiger partial charge in [-0.15, -0.1) is 0 Å². The van der Waals surface area contributed by atoms with Gasteiger partial charge in [0.25, 0.3) is 11.2 Å². The van der Waals surface area contributed by atoms with E-state index in [9.17, 15) is 9.90 Å². The van der Waals surface area contributed by atoms with Gasteiger partial charge in [0, 0.05) is 49.1 Å². The normalized spacial score (nSPS) is 15.0. The Hall–Kier alpha value is -4.06. The second-order valence-corrected chi connectivity index (χ2v) is 10.4. The molecule has 0 saturated carbocycles. The maximum Gasteiger partial charge on any atom is 0.308 e. The minimum Gasteiger partial charge on any atom is -0.507 e. The Balaban J connectivity index is 1.65. The Morgan fingerprint density at radius 1 is 0.946 bits per heavy atom. The van der Waals surface area contributed by atoms with Gasteiger partial charge in [0.05, 0.1) is 17.5 Å². The minimum absolute atomic E-state index is 0.0130. The van der Waals surface area contributed by atoms with E-state index in [4.69, 9.17) is 9.78 Å². The number of phenolic OH excluding ortho intramolecular Hbond substituents is 1. The van der Waals surface area contributed by atoms with Crippen molar-refractivity contribution in [3.63, 3.8) is 0 Å². The molecule has 37 heavy (non-hydrogen) atoms. The van der Waals surface area contributed by atoms with Crippen LogP contribution in [0.15, 0.2) is 83.3 Å². The first-order valence-corrected chi connectivity index (χ1v) is 12.9. The van der Waals surface area contributed by atoms with E-state index in [0.717, 1.165) is 30.2 Å². The molecule has 3 aromatic rings. The molecule has 2 aliphatic rings. The lowest BCUT2D eigenvalue weighted by atomic mass is 9.95. The highest BCUT2D eigenvalue weighted by Crippen LogP contribution is 2.46. The highest BCUT2D eigenvalue weighted by atomic mass is 17.2. The number of aromatic hydroxyl groups is 1. The molecule has 1 aliphatic carbocycles. The molecule has 0 radical (unpaired) electrons. The number of hydrogen-bond acceptors (Lipinski definition) is 5. The van der Waals surface area contributed by atoms with Crippen LogP contribution in [0.1, 0.15) is 34.1 Å². The van der Waals surface area contributed by atoms with Crippen LogP contribution in [0, 0.1) is 11.8 Å². The number of hydrogen-bond donors (Lipinski definition) is 1. The van der Waals surface area contributed by atoms with Gasteiger partial charge in [-0.25, -0.2) is 0 Å². The Kier molecular flexibility index (Phi) is 6.74. The highest BCUT2D eigenvalue weighted by Gasteiger charge is 2.39. The third kappa shape index (κ3) is 4.71. The summed E-state index contributed by atoms with van der Waals surface area (Å²) in [4.78, 5) is 27.4. The van der Waals surface area contributed by atoms with Gasteiger partial charge in [0.1, 0.15) is 5.75 Å². The molecule has 0 atom stereocenters. The van der Waals surface area contributed by atoms with Crippen LogP contribution in [0.25, 0.3) is 11.1 Å². The van der Waals surface area contributed by atoms with Crippen LogP contribution >= 0.6 is 0 Å². The first kappa shape index (κ1) is 24.6. The van der Waals surface area contributed by atoms with E-state index in [0.29, 0.717) is 46.2 Å². The molecular weight excluding hydrogens is 464 g/mol. The lowest BCUT2D eigenvalue weighted by molar-refractivity contribution is -0.105. The molecule has 0 amide bonds. The van der Waals surface area contributed by atoms with E-state index in [2.05, 4.69) is 32.6 Å². The summed E-state index contributed by atoms with van der Waals surface area (Å²) in [6, 6.07) is 13.3. The smallest absolute Gasteiger partial charge is 0.308 e. The predicted molar refractivity (Wildman–Crippen MR) is 148 cm³/mol. The van der Waals surface area contributed by atoms with E-state index in [-0.39, 0.29) is 11.2 Å². The molecule has 1 aliphatic heterocycles. The molecule has 1 heterocycles. The molecule has 190 valence electrons. The molecule has 0 saturated heterocycles. The summed E-state index contributed by atoms with van der Waals surface area (Å²) in [6.07, 6.45) is 10.6. The van der Waals surface area contributed by atoms with Crippen LogP contribution in [-0.4, -0.2) is 18.2 Å². The fourth-order valence-corrected chi connectivity index (χ4v) is 4.98. The molecule has 6 heteroatoms. The Morgan fingerprint density at radius 3 is 2.38 bits per heavy atom. The van der Waals surface area contributed by atoms with E-state index in [1.807, 2.05) is 71.4 Å². The summed E-state index contributed by atoms with van der Waals surface area (Å²) >= 11 is 0. The quantitative estimate of drug-likeness (QED) is 0.340. The molecule has 0 bridgehead atoms. The number of nitrogens with zero attached hydrogens (tertiary/aromatic N) is 2. The zero-order valence-corrected chi connectivity index (χ0v) is 21.8. The van der Waals surface area contributed by atoms with Crippen molar-refractivity contribution in [2.24, 2.45) is 11.8 Å². The van der Waals surface area contributed by atoms with Gasteiger partial charge < -0.3 is 10.0 Å². The van der Waals surface area contributed by atoms with Crippen molar-refractivity contribution in [2.75, 3.05) is 18.0 Å². The maximum atomic E-state index is 13.7. The third-order valence-electron chi connectivity index (χ3n) is 6.45. The topological polar surface area (TPSA) is 62.0 Å². The van der Waals surface area contributed by atoms with Crippen LogP contribution in [0.2, 0.25) is 0 Å². The average Bonchev–Trinajstić information content (AvgIpc) is 3.15. The zero-order valence-electron chi connectivity index (χ0n) is 21.8. The van der Waals surface area contributed by atoms with Gasteiger partial charge in [0.2, 0.25) is 5.69 Å². The second kappa shape index (κ2) is 10.1. The molecule has 6 nitrogen and oxygen atoms in total. The van der Waals surface area contributed by atoms with Crippen molar-refractivity contribution in [1.82, 2.24) is 4.58 Å². The fourth-order valence-electron chi connectivity index (χ4n) is 4.98. The third-order valence-corrected chi connectivity index (χ3v) is 6.45. The van der Waals surface area contributed by atoms with Crippen molar-refractivity contribution >= 4 is 11.4 Å². The first-order chi connectivity index (χ1) is 17.8. The van der Waals surface area contributed by atoms with E-state index in [1.54, 1.807) is 6.07 Å². The van der Waals surface area contributed by atoms with E-state index < -0.39 is 0 Å². The lowest BCUT2D eigenvalue weighted by Crippen LogP contribution is -2.46. The van der Waals surface area contributed by atoms with Crippen molar-refractivity contribution in [2.45, 2.75) is 34.1 Å². The summed E-state index contributed by atoms with van der Waals surface area (Å²) < 4.78 is 1.91. The van der Waals surface area contributed by atoms with Crippen molar-refractivity contribution < 1.29 is 14.9 Å². The molecule has 3 aromatic carbocycles. The summed E-state index contributed by atoms with van der Waals surface area (Å²) in [6.45, 7) is 10.3. The average molecular weight is 498 g/mol. The highest BCUT2D eigenvalue weighted by molar-refractivity contribution is 5.86. The van der Waals surface area contributed by atoms with Gasteiger partial charge in [-0.05, 0) is 11.8 Å². The van der Waals surface area contributed by atoms with Crippen LogP contribution in [0.5, 0.6) is 17.2 Å². The summed E-state index contributed by atoms with van der Waals surface area (Å²) in [5.74, 6) is 1.59. The Labute approximate surface area is 217 Å². The number of fused-ring (bicyclic) bond motifs is 3. The second-order valence-electron chi connectivity index (χ2n) is 10.4. The van der Waals surface area contributed by atoms with Crippen molar-refractivity contribution in [3.05, 3.63) is 94.1 Å². The van der Waals surface area contributed by atoms with Crippen LogP contribution in [-0.2, 0) is 0 Å². The number of para-hydroxylation sites is 1. The molecule has 0 fully saturated rings. The van der Waals surface area contributed by atoms with Gasteiger partial charge in [-0.3, -0.25) is 14.6 Å². The number of rotatable bonds is 7. The van der Waals surface area contributed by atoms with Crippen LogP contribution in [0.3, 0.4) is 0 Å². The molecular formula is C31H33N2O4+. The Morgan fingerprint density at radius 2 is 1.68 bits per heavy atom. The van der Waals surface area contributed by atoms with Gasteiger partial charge >= 0.3 is 5.36 Å². The molecule has 0 spiro atoms. The summed E-state index contributed by atoms with van der Waals surface area (Å²) in [7, 11) is 0. The Bertz CT molecular complexity index is 1480. The van der Waals surface area contributed by atoms with Crippen molar-refractivity contribution in [1.29, 1.82) is 0 Å². The predicted octanol–water partition coefficient (Wildman–Crippen LogP) is 5.60. The number of anilines is 1. The molecule has 1 N–H and O–H groups in total. The van der Waals surface area contributed by atoms with E-state index in [1.165, 1.54) is 0 Å². The molecule has 0 unspecified atom stereocenters. The number of phenols is 1. The monoisotopic (exact) mass is 497 g/mol. The number of benzene rings is 2. The van der Waals surface area contributed by atoms with Gasteiger partial charge in [-0.1, -0.05) is 70.2 Å². The van der Waals surface area contributed by atoms with Crippen LogP contribution in [0.4, 0.5) is 11.4 Å². The summed E-state index contributed by atoms with van der Waals surface area (Å²) in [5.41, 5.74) is 3.16. The number of allylic oxidation sites excluding steroid dienone is 5. The minimum atomic E-state index is -0.189. The van der Waals surface area contributed by atoms with Gasteiger partial charge in [-0.2, -0.15) is 4.58 Å². The standard InChI is InChI=1S/C31H32N2O4/c1-20(2)18-32(19-21(3)4)24-16-25(34)27-26(17-24)36-37-31-28(27)30(35)29(31)33(23-14-10-7-11-15-23)22-12-8-5-6-9-13-22/h5-12,14-17,20-21H,13,18-19H2,1-4H3/p+1. The van der Waals surface area contributed by atoms with Gasteiger partial charge in [0.15, 0.2) is 11.4 Å². The maximum absolute atomic E-state index is 13.7. The van der Waals surface area contributed by atoms with E-state index >= 15 is 0 Å². The fraction of sp³-hybridized carbons (Fsp3) is 0.290. The zero-order chi connectivity index (χ0) is 26.1. The first-order valence-electron chi connectivity index (χ1n) is 12.9. The molecule has 0 aromatic heterocycles. The largest absolute Gasteiger partial charge is 0.507 e. The SMILES string of the molecule is CC(C)CN(CC(C)C)c1cc(O)c2c(c1)OOc1c-2c(=O)c1=[N+](C1=CC=CC=CC1)c1ccccc1. The van der Waals surface area contributed by atoms with Crippen molar-refractivity contribution in [3.8, 4) is 28.4 Å². The summed E-state index contributed by atoms with van der Waals surface area (Å²) in [5, 5.41) is 11.5. The lowest BCUT2D eigenvalue weighted by Gasteiger charge is -2.30. The van der Waals surface area contributed by atoms with Crippen LogP contribution < -0.4 is 30.0 Å².